The molecular weight excluding hydrogens is 206 g/mol. The Kier molecular flexibility index (Phi) is 2.31. The Balaban J connectivity index is 0.000000720. The van der Waals surface area contributed by atoms with E-state index in [1.54, 1.807) is 24.3 Å². The van der Waals surface area contributed by atoms with Crippen molar-refractivity contribution in [3.8, 4) is 0 Å². The molecule has 1 heterocycles. The van der Waals surface area contributed by atoms with Crippen molar-refractivity contribution >= 4 is 17.4 Å². The Hall–Kier alpha value is -1.12. The van der Waals surface area contributed by atoms with Gasteiger partial charge in [-0.25, -0.2) is 0 Å². The second-order valence-corrected chi connectivity index (χ2v) is 2.33. The van der Waals surface area contributed by atoms with Gasteiger partial charge in [0.25, 0.3) is 11.7 Å². The van der Waals surface area contributed by atoms with E-state index in [1.807, 2.05) is 0 Å². The average molecular weight is 211 g/mol. The van der Waals surface area contributed by atoms with Gasteiger partial charge in [-0.15, -0.1) is 0 Å². The summed E-state index contributed by atoms with van der Waals surface area (Å²) in [7, 11) is 0. The number of hydrogen-bond acceptors (Lipinski definition) is 2. The number of para-hydroxylation sites is 1. The van der Waals surface area contributed by atoms with Crippen LogP contribution in [-0.4, -0.2) is 11.7 Å². The van der Waals surface area contributed by atoms with E-state index in [2.05, 4.69) is 5.32 Å². The first-order valence-electron chi connectivity index (χ1n) is 3.24. The number of nitrogens with one attached hydrogen (secondary N) is 1. The summed E-state index contributed by atoms with van der Waals surface area (Å²) < 4.78 is 0. The number of carbonyl (C=O) groups excluding carboxylic acids is 2. The van der Waals surface area contributed by atoms with Crippen molar-refractivity contribution in [2.45, 2.75) is 0 Å². The van der Waals surface area contributed by atoms with Crippen LogP contribution < -0.4 is 5.32 Å². The van der Waals surface area contributed by atoms with Gasteiger partial charge < -0.3 is 5.32 Å². The zero-order valence-electron chi connectivity index (χ0n) is 5.93. The first-order chi connectivity index (χ1) is 5.29. The van der Waals surface area contributed by atoms with Crippen molar-refractivity contribution < 1.29 is 26.7 Å². The number of carbonyl (C=O) groups is 2. The number of fused-ring (bicyclic) bond motifs is 1. The Morgan fingerprint density at radius 3 is 2.42 bits per heavy atom. The number of ketones is 1. The number of Topliss-reactive ketones (excluding diaryl/α,β-unsaturated/α-hetero) is 1. The Morgan fingerprint density at radius 1 is 1.08 bits per heavy atom. The molecule has 2 rings (SSSR count). The molecule has 1 radical (unpaired) electrons. The van der Waals surface area contributed by atoms with Gasteiger partial charge in [0.05, 0.1) is 11.3 Å². The van der Waals surface area contributed by atoms with Crippen molar-refractivity contribution in [3.63, 3.8) is 0 Å². The van der Waals surface area contributed by atoms with Crippen molar-refractivity contribution in [1.29, 1.82) is 0 Å². The van der Waals surface area contributed by atoms with Crippen molar-refractivity contribution in [3.05, 3.63) is 29.8 Å². The number of rotatable bonds is 0. The number of benzene rings is 1. The smallest absolute Gasteiger partial charge is 0.296 e. The molecule has 0 saturated heterocycles. The van der Waals surface area contributed by atoms with Gasteiger partial charge in [-0.05, 0) is 12.1 Å². The van der Waals surface area contributed by atoms with Crippen molar-refractivity contribution in [1.82, 2.24) is 0 Å². The summed E-state index contributed by atoms with van der Waals surface area (Å²) >= 11 is 0. The fourth-order valence-corrected chi connectivity index (χ4v) is 1.09. The maximum Gasteiger partial charge on any atom is 0.296 e. The van der Waals surface area contributed by atoms with Crippen molar-refractivity contribution in [2.24, 2.45) is 0 Å². The van der Waals surface area contributed by atoms with Crippen LogP contribution in [0.2, 0.25) is 0 Å². The predicted molar refractivity (Wildman–Crippen MR) is 39.4 cm³/mol. The predicted octanol–water partition coefficient (Wildman–Crippen LogP) is 0.819. The summed E-state index contributed by atoms with van der Waals surface area (Å²) in [5.41, 5.74) is 1.08. The molecule has 0 spiro atoms. The van der Waals surface area contributed by atoms with E-state index in [9.17, 15) is 9.59 Å². The van der Waals surface area contributed by atoms with Crippen LogP contribution in [0.25, 0.3) is 0 Å². The molecular formula is C8H5CuNO2. The van der Waals surface area contributed by atoms with Gasteiger partial charge in [-0.2, -0.15) is 0 Å². The van der Waals surface area contributed by atoms with Crippen LogP contribution in [0.1, 0.15) is 10.4 Å². The SMILES string of the molecule is O=C1Nc2ccccc2C1=O.[Cu]. The molecule has 0 unspecified atom stereocenters. The molecule has 0 bridgehead atoms. The monoisotopic (exact) mass is 210 g/mol. The zero-order valence-corrected chi connectivity index (χ0v) is 6.87. The van der Waals surface area contributed by atoms with Crippen LogP contribution in [-0.2, 0) is 21.9 Å². The topological polar surface area (TPSA) is 46.2 Å². The summed E-state index contributed by atoms with van der Waals surface area (Å²) in [6, 6.07) is 6.85. The maximum atomic E-state index is 11.0. The Morgan fingerprint density at radius 2 is 1.75 bits per heavy atom. The Labute approximate surface area is 79.6 Å². The third-order valence-electron chi connectivity index (χ3n) is 1.63. The van der Waals surface area contributed by atoms with E-state index in [1.165, 1.54) is 0 Å². The molecule has 1 N–H and O–H groups in total. The molecule has 1 aromatic carbocycles. The van der Waals surface area contributed by atoms with E-state index in [-0.39, 0.29) is 17.1 Å². The molecule has 12 heavy (non-hydrogen) atoms. The van der Waals surface area contributed by atoms with Gasteiger partial charge >= 0.3 is 0 Å². The van der Waals surface area contributed by atoms with Crippen LogP contribution in [0.5, 0.6) is 0 Å². The van der Waals surface area contributed by atoms with E-state index in [0.29, 0.717) is 11.3 Å². The molecule has 0 saturated carbocycles. The van der Waals surface area contributed by atoms with Gasteiger partial charge in [0, 0.05) is 17.1 Å². The van der Waals surface area contributed by atoms with Gasteiger partial charge in [0.2, 0.25) is 0 Å². The second-order valence-electron chi connectivity index (χ2n) is 2.33. The molecule has 1 aliphatic heterocycles. The molecule has 0 aliphatic carbocycles. The van der Waals surface area contributed by atoms with Gasteiger partial charge in [-0.3, -0.25) is 9.59 Å². The number of amides is 1. The quantitative estimate of drug-likeness (QED) is 0.509. The standard InChI is InChI=1S/C8H5NO2.Cu/c10-7-5-3-1-2-4-6(5)9-8(7)11;/h1-4H,(H,9,10,11);. The molecule has 65 valence electrons. The molecule has 1 amide bonds. The molecule has 0 atom stereocenters. The minimum absolute atomic E-state index is 0. The minimum atomic E-state index is -0.536. The van der Waals surface area contributed by atoms with Crippen LogP contribution >= 0.6 is 0 Å². The van der Waals surface area contributed by atoms with E-state index in [4.69, 9.17) is 0 Å². The zero-order chi connectivity index (χ0) is 7.84. The maximum absolute atomic E-state index is 11.0. The molecule has 0 aromatic heterocycles. The third kappa shape index (κ3) is 1.15. The van der Waals surface area contributed by atoms with Gasteiger partial charge in [0.15, 0.2) is 0 Å². The van der Waals surface area contributed by atoms with Gasteiger partial charge in [-0.1, -0.05) is 12.1 Å². The average Bonchev–Trinajstić information content (AvgIpc) is 2.30. The summed E-state index contributed by atoms with van der Waals surface area (Å²) in [6.45, 7) is 0. The summed E-state index contributed by atoms with van der Waals surface area (Å²) in [4.78, 5) is 21.8. The second kappa shape index (κ2) is 3.09. The first-order valence-corrected chi connectivity index (χ1v) is 3.24. The fraction of sp³-hybridized carbons (Fsp3) is 0. The summed E-state index contributed by atoms with van der Waals surface area (Å²) in [6.07, 6.45) is 0. The van der Waals surface area contributed by atoms with Crippen LogP contribution in [0.3, 0.4) is 0 Å². The number of hydrogen-bond donors (Lipinski definition) is 1. The van der Waals surface area contributed by atoms with E-state index < -0.39 is 11.7 Å². The minimum Gasteiger partial charge on any atom is -0.318 e. The normalized spacial score (nSPS) is 13.3. The van der Waals surface area contributed by atoms with Crippen LogP contribution in [0.15, 0.2) is 24.3 Å². The van der Waals surface area contributed by atoms with E-state index in [0.717, 1.165) is 0 Å². The largest absolute Gasteiger partial charge is 0.318 e. The molecule has 1 aromatic rings. The third-order valence-corrected chi connectivity index (χ3v) is 1.63. The number of anilines is 1. The van der Waals surface area contributed by atoms with Crippen LogP contribution in [0.4, 0.5) is 5.69 Å². The molecule has 3 nitrogen and oxygen atoms in total. The molecule has 0 fully saturated rings. The molecule has 4 heteroatoms. The fourth-order valence-electron chi connectivity index (χ4n) is 1.09. The summed E-state index contributed by atoms with van der Waals surface area (Å²) in [5, 5.41) is 2.46. The van der Waals surface area contributed by atoms with E-state index >= 15 is 0 Å². The van der Waals surface area contributed by atoms with Crippen LogP contribution in [0, 0.1) is 0 Å². The molecule has 1 aliphatic rings. The summed E-state index contributed by atoms with van der Waals surface area (Å²) in [5.74, 6) is -0.980. The Bertz CT molecular complexity index is 349. The van der Waals surface area contributed by atoms with Gasteiger partial charge in [0.1, 0.15) is 0 Å². The first kappa shape index (κ1) is 8.97. The van der Waals surface area contributed by atoms with Crippen molar-refractivity contribution in [2.75, 3.05) is 5.32 Å².